The highest BCUT2D eigenvalue weighted by Crippen LogP contribution is 2.52. The van der Waals surface area contributed by atoms with Crippen LogP contribution in [0, 0.1) is 11.8 Å². The largest absolute Gasteiger partial charge is 0.466 e. The molecule has 3 aromatic carbocycles. The summed E-state index contributed by atoms with van der Waals surface area (Å²) in [5, 5.41) is 0. The summed E-state index contributed by atoms with van der Waals surface area (Å²) in [6.45, 7) is 3.79. The summed E-state index contributed by atoms with van der Waals surface area (Å²) in [6.07, 6.45) is -1.38. The van der Waals surface area contributed by atoms with Crippen LogP contribution >= 0.6 is 0 Å². The van der Waals surface area contributed by atoms with Crippen molar-refractivity contribution in [3.05, 3.63) is 108 Å². The molecule has 0 N–H and O–H groups in total. The van der Waals surface area contributed by atoms with E-state index in [2.05, 4.69) is 0 Å². The third-order valence-electron chi connectivity index (χ3n) is 6.93. The van der Waals surface area contributed by atoms with Crippen LogP contribution in [0.15, 0.2) is 91.0 Å². The lowest BCUT2D eigenvalue weighted by atomic mass is 9.99. The van der Waals surface area contributed by atoms with E-state index in [4.69, 9.17) is 23.7 Å². The summed E-state index contributed by atoms with van der Waals surface area (Å²) >= 11 is 0. The lowest BCUT2D eigenvalue weighted by Gasteiger charge is -2.37. The first-order valence-electron chi connectivity index (χ1n) is 13.0. The van der Waals surface area contributed by atoms with Gasteiger partial charge in [-0.05, 0) is 23.6 Å². The first-order chi connectivity index (χ1) is 18.2. The zero-order chi connectivity index (χ0) is 25.5. The number of carbonyl (C=O) groups excluding carboxylic acids is 1. The van der Waals surface area contributed by atoms with Crippen molar-refractivity contribution in [3.63, 3.8) is 0 Å². The highest BCUT2D eigenvalue weighted by molar-refractivity contribution is 5.77. The lowest BCUT2D eigenvalue weighted by Crippen LogP contribution is -2.50. The van der Waals surface area contributed by atoms with Crippen LogP contribution in [0.25, 0.3) is 0 Å². The Bertz CT molecular complexity index is 1110. The van der Waals surface area contributed by atoms with Crippen molar-refractivity contribution in [1.29, 1.82) is 0 Å². The smallest absolute Gasteiger partial charge is 0.312 e. The van der Waals surface area contributed by atoms with E-state index in [9.17, 15) is 4.79 Å². The molecule has 3 aromatic rings. The van der Waals surface area contributed by atoms with Crippen molar-refractivity contribution in [2.24, 2.45) is 11.8 Å². The summed E-state index contributed by atoms with van der Waals surface area (Å²) in [5.74, 6) is -0.713. The van der Waals surface area contributed by atoms with Gasteiger partial charge in [-0.15, -0.1) is 0 Å². The first-order valence-corrected chi connectivity index (χ1v) is 13.0. The monoisotopic (exact) mass is 502 g/mol. The van der Waals surface area contributed by atoms with Crippen LogP contribution in [-0.2, 0) is 48.3 Å². The topological polar surface area (TPSA) is 63.2 Å². The second kappa shape index (κ2) is 12.5. The van der Waals surface area contributed by atoms with Gasteiger partial charge in [0.15, 0.2) is 0 Å². The van der Waals surface area contributed by atoms with E-state index in [-0.39, 0.29) is 36.1 Å². The molecule has 1 aliphatic carbocycles. The van der Waals surface area contributed by atoms with Crippen LogP contribution in [0.4, 0.5) is 0 Å². The van der Waals surface area contributed by atoms with Gasteiger partial charge >= 0.3 is 5.97 Å². The number of hydrogen-bond donors (Lipinski definition) is 0. The van der Waals surface area contributed by atoms with E-state index in [1.165, 1.54) is 0 Å². The third kappa shape index (κ3) is 6.46. The predicted molar refractivity (Wildman–Crippen MR) is 138 cm³/mol. The fraction of sp³-hybridized carbons (Fsp3) is 0.387. The van der Waals surface area contributed by atoms with Crippen molar-refractivity contribution in [3.8, 4) is 0 Å². The first kappa shape index (κ1) is 25.6. The second-order valence-electron chi connectivity index (χ2n) is 9.52. The quantitative estimate of drug-likeness (QED) is 0.327. The fourth-order valence-corrected chi connectivity index (χ4v) is 5.05. The molecule has 6 nitrogen and oxygen atoms in total. The van der Waals surface area contributed by atoms with Gasteiger partial charge in [0.2, 0.25) is 0 Å². The standard InChI is InChI=1S/C31H34O6/c1-2-34-31(32)27-26-29(27)37-25(21-33-18-22-12-6-3-7-13-22)28(35-19-23-14-8-4-9-15-23)30(26)36-20-24-16-10-5-11-17-24/h3-17,25-30H,2,18-21H2,1H3/t25-,26+,27-,28-,29+,30-/m1/s1. The molecule has 2 fully saturated rings. The Hall–Kier alpha value is -3.03. The number of fused-ring (bicyclic) bond motifs is 1. The Morgan fingerprint density at radius 1 is 0.730 bits per heavy atom. The molecule has 194 valence electrons. The van der Waals surface area contributed by atoms with Gasteiger partial charge in [-0.1, -0.05) is 91.0 Å². The maximum Gasteiger partial charge on any atom is 0.312 e. The zero-order valence-corrected chi connectivity index (χ0v) is 21.1. The zero-order valence-electron chi connectivity index (χ0n) is 21.1. The van der Waals surface area contributed by atoms with Crippen molar-refractivity contribution in [2.75, 3.05) is 13.2 Å². The van der Waals surface area contributed by atoms with Crippen LogP contribution in [0.1, 0.15) is 23.6 Å². The van der Waals surface area contributed by atoms with Crippen LogP contribution in [0.5, 0.6) is 0 Å². The number of benzene rings is 3. The molecule has 0 aromatic heterocycles. The van der Waals surface area contributed by atoms with Crippen LogP contribution in [0.2, 0.25) is 0 Å². The molecule has 1 heterocycles. The minimum atomic E-state index is -0.402. The molecule has 0 radical (unpaired) electrons. The van der Waals surface area contributed by atoms with E-state index < -0.39 is 6.10 Å². The molecule has 1 saturated heterocycles. The normalized spacial score (nSPS) is 26.3. The molecule has 0 bridgehead atoms. The van der Waals surface area contributed by atoms with Crippen molar-refractivity contribution >= 4 is 5.97 Å². The van der Waals surface area contributed by atoms with Crippen LogP contribution < -0.4 is 0 Å². The van der Waals surface area contributed by atoms with Gasteiger partial charge in [0.1, 0.15) is 12.2 Å². The average molecular weight is 503 g/mol. The Kier molecular flexibility index (Phi) is 8.64. The summed E-state index contributed by atoms with van der Waals surface area (Å²) in [4.78, 5) is 12.8. The summed E-state index contributed by atoms with van der Waals surface area (Å²) in [7, 11) is 0. The van der Waals surface area contributed by atoms with Gasteiger partial charge < -0.3 is 23.7 Å². The minimum absolute atomic E-state index is 0.117. The van der Waals surface area contributed by atoms with E-state index in [1.807, 2.05) is 97.9 Å². The molecule has 5 rings (SSSR count). The van der Waals surface area contributed by atoms with Gasteiger partial charge in [-0.3, -0.25) is 4.79 Å². The van der Waals surface area contributed by atoms with E-state index in [0.717, 1.165) is 16.7 Å². The molecule has 6 heteroatoms. The Morgan fingerprint density at radius 2 is 1.24 bits per heavy atom. The van der Waals surface area contributed by atoms with Gasteiger partial charge in [0.25, 0.3) is 0 Å². The highest BCUT2D eigenvalue weighted by atomic mass is 16.6. The predicted octanol–water partition coefficient (Wildman–Crippen LogP) is 4.95. The molecular weight excluding hydrogens is 468 g/mol. The Balaban J connectivity index is 1.34. The minimum Gasteiger partial charge on any atom is -0.466 e. The van der Waals surface area contributed by atoms with Crippen LogP contribution in [0.3, 0.4) is 0 Å². The second-order valence-corrected chi connectivity index (χ2v) is 9.52. The van der Waals surface area contributed by atoms with Gasteiger partial charge in [0, 0.05) is 5.92 Å². The van der Waals surface area contributed by atoms with Crippen molar-refractivity contribution < 1.29 is 28.5 Å². The maximum atomic E-state index is 12.8. The summed E-state index contributed by atoms with van der Waals surface area (Å²) in [5.41, 5.74) is 3.22. The molecule has 6 atom stereocenters. The van der Waals surface area contributed by atoms with Gasteiger partial charge in [0.05, 0.1) is 51.2 Å². The molecule has 0 spiro atoms. The SMILES string of the molecule is CCOC(=O)[C@H]1[C@H]2O[C@H](COCc3ccccc3)[C@@H](OCc3ccccc3)[C@H](OCc3ccccc3)[C@H]21. The number of ether oxygens (including phenoxy) is 5. The molecule has 1 saturated carbocycles. The Morgan fingerprint density at radius 3 is 1.78 bits per heavy atom. The Labute approximate surface area is 218 Å². The van der Waals surface area contributed by atoms with Gasteiger partial charge in [-0.2, -0.15) is 0 Å². The van der Waals surface area contributed by atoms with E-state index in [0.29, 0.717) is 33.0 Å². The third-order valence-corrected chi connectivity index (χ3v) is 6.93. The number of rotatable bonds is 12. The average Bonchev–Trinajstić information content (AvgIpc) is 3.67. The van der Waals surface area contributed by atoms with Crippen LogP contribution in [-0.4, -0.2) is 43.6 Å². The molecule has 37 heavy (non-hydrogen) atoms. The maximum absolute atomic E-state index is 12.8. The lowest BCUT2D eigenvalue weighted by molar-refractivity contribution is -0.201. The molecule has 2 aliphatic rings. The highest BCUT2D eigenvalue weighted by Gasteiger charge is 2.67. The molecular formula is C31H34O6. The number of esters is 1. The summed E-state index contributed by atoms with van der Waals surface area (Å²) < 4.78 is 30.9. The molecule has 0 unspecified atom stereocenters. The summed E-state index contributed by atoms with van der Waals surface area (Å²) in [6, 6.07) is 30.1. The number of hydrogen-bond acceptors (Lipinski definition) is 6. The molecule has 0 amide bonds. The molecule has 1 aliphatic heterocycles. The van der Waals surface area contributed by atoms with Crippen molar-refractivity contribution in [1.82, 2.24) is 0 Å². The van der Waals surface area contributed by atoms with E-state index >= 15 is 0 Å². The fourth-order valence-electron chi connectivity index (χ4n) is 5.05. The van der Waals surface area contributed by atoms with Crippen molar-refractivity contribution in [2.45, 2.75) is 51.2 Å². The van der Waals surface area contributed by atoms with E-state index in [1.54, 1.807) is 0 Å². The number of carbonyl (C=O) groups is 1. The van der Waals surface area contributed by atoms with Gasteiger partial charge in [-0.25, -0.2) is 0 Å².